The van der Waals surface area contributed by atoms with Gasteiger partial charge in [0, 0.05) is 18.3 Å². The molecule has 0 saturated heterocycles. The molecule has 40 heavy (non-hydrogen) atoms. The predicted octanol–water partition coefficient (Wildman–Crippen LogP) is 5.33. The molecule has 0 bridgehead atoms. The van der Waals surface area contributed by atoms with Crippen LogP contribution in [0.3, 0.4) is 0 Å². The van der Waals surface area contributed by atoms with Gasteiger partial charge in [-0.05, 0) is 66.9 Å². The Labute approximate surface area is 231 Å². The van der Waals surface area contributed by atoms with Crippen molar-refractivity contribution in [2.45, 2.75) is 39.5 Å². The highest BCUT2D eigenvalue weighted by Gasteiger charge is 2.31. The second-order valence-electron chi connectivity index (χ2n) is 8.56. The lowest BCUT2D eigenvalue weighted by Gasteiger charge is -2.22. The van der Waals surface area contributed by atoms with E-state index in [9.17, 15) is 23.2 Å². The van der Waals surface area contributed by atoms with Crippen LogP contribution in [0, 0.1) is 11.5 Å². The van der Waals surface area contributed by atoms with E-state index in [-0.39, 0.29) is 37.6 Å². The van der Waals surface area contributed by atoms with Gasteiger partial charge in [-0.3, -0.25) is 9.78 Å². The summed E-state index contributed by atoms with van der Waals surface area (Å²) in [7, 11) is 1.45. The number of esters is 1. The van der Waals surface area contributed by atoms with Crippen LogP contribution in [0.4, 0.5) is 13.2 Å². The maximum absolute atomic E-state index is 13.7. The van der Waals surface area contributed by atoms with Gasteiger partial charge in [0.1, 0.15) is 5.75 Å². The number of guanidine groups is 1. The maximum atomic E-state index is 13.7. The average Bonchev–Trinajstić information content (AvgIpc) is 2.94. The van der Waals surface area contributed by atoms with E-state index < -0.39 is 17.7 Å². The zero-order chi connectivity index (χ0) is 29.1. The minimum absolute atomic E-state index is 0.0180. The topological polar surface area (TPSA) is 99.8 Å². The molecule has 0 spiro atoms. The predicted molar refractivity (Wildman–Crippen MR) is 144 cm³/mol. The summed E-state index contributed by atoms with van der Waals surface area (Å²) in [6.07, 6.45) is -0.959. The molecule has 0 aliphatic heterocycles. The fourth-order valence-electron chi connectivity index (χ4n) is 3.99. The van der Waals surface area contributed by atoms with Crippen LogP contribution in [0.15, 0.2) is 65.8 Å². The van der Waals surface area contributed by atoms with E-state index in [0.29, 0.717) is 34.7 Å². The van der Waals surface area contributed by atoms with E-state index in [4.69, 9.17) is 9.47 Å². The quantitative estimate of drug-likeness (QED) is 0.119. The molecule has 0 saturated carbocycles. The summed E-state index contributed by atoms with van der Waals surface area (Å²) in [4.78, 5) is 22.0. The standard InChI is InChI=1S/C29H30F3N5O3/c1-4-34-28(36-17-23-8-6-7-13-35-23)37(19-33)18-21-16-22(29(30,31)32)10-11-24(21)25-14-20(9-12-26(25)39-3)15-27(38)40-5-2/h6-14,16H,4-5,15,17-18H2,1-3H3,(H,34,36). The Hall–Kier alpha value is -4.59. The summed E-state index contributed by atoms with van der Waals surface area (Å²) in [5.41, 5.74) is 1.51. The van der Waals surface area contributed by atoms with Gasteiger partial charge in [0.15, 0.2) is 6.19 Å². The highest BCUT2D eigenvalue weighted by atomic mass is 19.4. The molecule has 1 heterocycles. The molecular weight excluding hydrogens is 523 g/mol. The van der Waals surface area contributed by atoms with Crippen molar-refractivity contribution in [2.75, 3.05) is 20.3 Å². The molecule has 0 unspecified atom stereocenters. The summed E-state index contributed by atoms with van der Waals surface area (Å²) in [6, 6.07) is 13.7. The van der Waals surface area contributed by atoms with Gasteiger partial charge in [0.05, 0.1) is 44.5 Å². The number of aliphatic imine (C=N–C) groups is 1. The van der Waals surface area contributed by atoms with Gasteiger partial charge < -0.3 is 14.8 Å². The zero-order valence-electron chi connectivity index (χ0n) is 22.5. The normalized spacial score (nSPS) is 11.5. The number of ether oxygens (including phenoxy) is 2. The molecule has 0 fully saturated rings. The summed E-state index contributed by atoms with van der Waals surface area (Å²) in [5.74, 6) is 0.163. The molecule has 0 atom stereocenters. The molecule has 0 amide bonds. The molecule has 8 nitrogen and oxygen atoms in total. The minimum atomic E-state index is -4.60. The van der Waals surface area contributed by atoms with E-state index in [2.05, 4.69) is 15.3 Å². The van der Waals surface area contributed by atoms with Gasteiger partial charge in [-0.25, -0.2) is 9.89 Å². The van der Waals surface area contributed by atoms with Crippen molar-refractivity contribution in [3.05, 3.63) is 83.2 Å². The fourth-order valence-corrected chi connectivity index (χ4v) is 3.99. The number of methoxy groups -OCH3 is 1. The Kier molecular flexibility index (Phi) is 10.5. The van der Waals surface area contributed by atoms with E-state index >= 15 is 0 Å². The summed E-state index contributed by atoms with van der Waals surface area (Å²) >= 11 is 0. The first-order valence-electron chi connectivity index (χ1n) is 12.6. The van der Waals surface area contributed by atoms with Crippen LogP contribution in [0.5, 0.6) is 5.75 Å². The Balaban J connectivity index is 2.08. The third-order valence-corrected chi connectivity index (χ3v) is 5.80. The zero-order valence-corrected chi connectivity index (χ0v) is 22.5. The Bertz CT molecular complexity index is 1370. The van der Waals surface area contributed by atoms with Gasteiger partial charge in [-0.1, -0.05) is 18.2 Å². The number of nitriles is 1. The average molecular weight is 554 g/mol. The second-order valence-corrected chi connectivity index (χ2v) is 8.56. The number of pyridine rings is 1. The van der Waals surface area contributed by atoms with Crippen LogP contribution in [0.1, 0.15) is 36.2 Å². The molecule has 0 aliphatic carbocycles. The number of aromatic nitrogens is 1. The van der Waals surface area contributed by atoms with Crippen molar-refractivity contribution in [1.82, 2.24) is 15.2 Å². The largest absolute Gasteiger partial charge is 0.496 e. The molecule has 2 aromatic carbocycles. The highest BCUT2D eigenvalue weighted by Crippen LogP contribution is 2.38. The minimum Gasteiger partial charge on any atom is -0.496 e. The van der Waals surface area contributed by atoms with Crippen LogP contribution in [0.2, 0.25) is 0 Å². The number of carbonyl (C=O) groups is 1. The van der Waals surface area contributed by atoms with Gasteiger partial charge in [0.2, 0.25) is 5.96 Å². The Morgan fingerprint density at radius 2 is 1.93 bits per heavy atom. The highest BCUT2D eigenvalue weighted by molar-refractivity contribution is 5.82. The number of carbonyl (C=O) groups excluding carboxylic acids is 1. The van der Waals surface area contributed by atoms with E-state index in [1.807, 2.05) is 19.2 Å². The molecule has 3 aromatic rings. The third-order valence-electron chi connectivity index (χ3n) is 5.80. The Morgan fingerprint density at radius 3 is 2.55 bits per heavy atom. The van der Waals surface area contributed by atoms with Crippen LogP contribution < -0.4 is 10.1 Å². The smallest absolute Gasteiger partial charge is 0.416 e. The second kappa shape index (κ2) is 14.0. The van der Waals surface area contributed by atoms with Crippen LogP contribution in [0.25, 0.3) is 11.1 Å². The van der Waals surface area contributed by atoms with E-state index in [1.54, 1.807) is 43.5 Å². The monoisotopic (exact) mass is 553 g/mol. The molecule has 3 rings (SSSR count). The van der Waals surface area contributed by atoms with Crippen molar-refractivity contribution < 1.29 is 27.4 Å². The van der Waals surface area contributed by atoms with Gasteiger partial charge in [-0.2, -0.15) is 18.4 Å². The molecule has 1 aromatic heterocycles. The first-order chi connectivity index (χ1) is 19.2. The lowest BCUT2D eigenvalue weighted by molar-refractivity contribution is -0.142. The van der Waals surface area contributed by atoms with Crippen molar-refractivity contribution in [3.8, 4) is 23.1 Å². The number of benzene rings is 2. The van der Waals surface area contributed by atoms with Crippen molar-refractivity contribution in [2.24, 2.45) is 4.99 Å². The number of halogens is 3. The van der Waals surface area contributed by atoms with E-state index in [1.165, 1.54) is 18.1 Å². The van der Waals surface area contributed by atoms with Crippen LogP contribution in [-0.2, 0) is 35.2 Å². The summed E-state index contributed by atoms with van der Waals surface area (Å²) in [5, 5.41) is 13.0. The van der Waals surface area contributed by atoms with Crippen LogP contribution in [-0.4, -0.2) is 42.1 Å². The number of nitrogens with zero attached hydrogens (tertiary/aromatic N) is 4. The number of hydrogen-bond acceptors (Lipinski definition) is 6. The molecule has 11 heteroatoms. The number of rotatable bonds is 10. The lowest BCUT2D eigenvalue weighted by atomic mass is 9.94. The van der Waals surface area contributed by atoms with Crippen molar-refractivity contribution in [3.63, 3.8) is 0 Å². The molecule has 1 N–H and O–H groups in total. The number of nitrogens with one attached hydrogen (secondary N) is 1. The maximum Gasteiger partial charge on any atom is 0.416 e. The number of alkyl halides is 3. The summed E-state index contributed by atoms with van der Waals surface area (Å²) in [6.45, 7) is 4.13. The third kappa shape index (κ3) is 7.96. The Morgan fingerprint density at radius 1 is 1.12 bits per heavy atom. The van der Waals surface area contributed by atoms with Gasteiger partial charge >= 0.3 is 12.1 Å². The van der Waals surface area contributed by atoms with Gasteiger partial charge in [0.25, 0.3) is 0 Å². The summed E-state index contributed by atoms with van der Waals surface area (Å²) < 4.78 is 51.7. The molecular formula is C29H30F3N5O3. The molecule has 0 radical (unpaired) electrons. The first kappa shape index (κ1) is 30.0. The molecule has 0 aliphatic rings. The number of hydrogen-bond donors (Lipinski definition) is 1. The first-order valence-corrected chi connectivity index (χ1v) is 12.6. The lowest BCUT2D eigenvalue weighted by Crippen LogP contribution is -2.38. The van der Waals surface area contributed by atoms with Gasteiger partial charge in [-0.15, -0.1) is 0 Å². The molecule has 210 valence electrons. The SMILES string of the molecule is CCNC(=NCc1ccccn1)N(C#N)Cc1cc(C(F)(F)F)ccc1-c1cc(CC(=O)OCC)ccc1OC. The van der Waals surface area contributed by atoms with Crippen molar-refractivity contribution in [1.29, 1.82) is 5.26 Å². The van der Waals surface area contributed by atoms with Crippen molar-refractivity contribution >= 4 is 11.9 Å². The fraction of sp³-hybridized carbons (Fsp3) is 0.310. The van der Waals surface area contributed by atoms with E-state index in [0.717, 1.165) is 12.1 Å². The van der Waals surface area contributed by atoms with Crippen LogP contribution >= 0.6 is 0 Å².